The number of thioether (sulfide) groups is 1. The standard InChI is InChI=1S/C17H15BrO3S/c1-12(17(20)13-5-3-2-4-6-13)21-16(19)11-22-15-9-7-14(18)8-10-15/h2-10,12H,11H2,1H3. The largest absolute Gasteiger partial charge is 0.454 e. The zero-order valence-electron chi connectivity index (χ0n) is 12.0. The molecule has 0 saturated carbocycles. The topological polar surface area (TPSA) is 43.4 Å². The number of Topliss-reactive ketones (excluding diaryl/α,β-unsaturated/α-hetero) is 1. The normalized spacial score (nSPS) is 11.7. The van der Waals surface area contributed by atoms with Gasteiger partial charge in [-0.2, -0.15) is 0 Å². The number of carbonyl (C=O) groups excluding carboxylic acids is 2. The monoisotopic (exact) mass is 378 g/mol. The average molecular weight is 379 g/mol. The van der Waals surface area contributed by atoms with Crippen LogP contribution in [0.1, 0.15) is 17.3 Å². The van der Waals surface area contributed by atoms with E-state index in [4.69, 9.17) is 4.74 Å². The number of ether oxygens (including phenoxy) is 1. The molecule has 0 aromatic heterocycles. The van der Waals surface area contributed by atoms with Crippen LogP contribution < -0.4 is 0 Å². The maximum absolute atomic E-state index is 12.1. The molecule has 0 spiro atoms. The van der Waals surface area contributed by atoms with E-state index in [1.165, 1.54) is 11.8 Å². The zero-order chi connectivity index (χ0) is 15.9. The highest BCUT2D eigenvalue weighted by molar-refractivity contribution is 9.10. The van der Waals surface area contributed by atoms with E-state index < -0.39 is 12.1 Å². The van der Waals surface area contributed by atoms with Gasteiger partial charge in [0.25, 0.3) is 0 Å². The van der Waals surface area contributed by atoms with Crippen molar-refractivity contribution >= 4 is 39.4 Å². The van der Waals surface area contributed by atoms with E-state index in [1.807, 2.05) is 30.3 Å². The molecule has 2 aromatic carbocycles. The van der Waals surface area contributed by atoms with Crippen molar-refractivity contribution in [2.45, 2.75) is 17.9 Å². The quantitative estimate of drug-likeness (QED) is 0.425. The molecule has 0 bridgehead atoms. The first-order chi connectivity index (χ1) is 10.6. The molecule has 22 heavy (non-hydrogen) atoms. The summed E-state index contributed by atoms with van der Waals surface area (Å²) in [4.78, 5) is 24.9. The van der Waals surface area contributed by atoms with Gasteiger partial charge in [0, 0.05) is 14.9 Å². The molecular formula is C17H15BrO3S. The highest BCUT2D eigenvalue weighted by Crippen LogP contribution is 2.21. The van der Waals surface area contributed by atoms with Gasteiger partial charge in [-0.15, -0.1) is 11.8 Å². The van der Waals surface area contributed by atoms with Crippen molar-refractivity contribution < 1.29 is 14.3 Å². The molecule has 0 fully saturated rings. The molecule has 0 aliphatic rings. The molecule has 5 heteroatoms. The summed E-state index contributed by atoms with van der Waals surface area (Å²) in [7, 11) is 0. The molecule has 2 rings (SSSR count). The van der Waals surface area contributed by atoms with Gasteiger partial charge in [-0.3, -0.25) is 9.59 Å². The lowest BCUT2D eigenvalue weighted by molar-refractivity contribution is -0.143. The Bertz CT molecular complexity index is 641. The SMILES string of the molecule is CC(OC(=O)CSc1ccc(Br)cc1)C(=O)c1ccccc1. The number of benzene rings is 2. The Morgan fingerprint density at radius 2 is 1.73 bits per heavy atom. The molecule has 2 aromatic rings. The lowest BCUT2D eigenvalue weighted by Gasteiger charge is -2.12. The number of hydrogen-bond acceptors (Lipinski definition) is 4. The summed E-state index contributed by atoms with van der Waals surface area (Å²) in [6.45, 7) is 1.59. The Labute approximate surface area is 142 Å². The molecule has 0 N–H and O–H groups in total. The number of ketones is 1. The van der Waals surface area contributed by atoms with Crippen LogP contribution in [0.25, 0.3) is 0 Å². The molecule has 3 nitrogen and oxygen atoms in total. The summed E-state index contributed by atoms with van der Waals surface area (Å²) in [6, 6.07) is 16.5. The lowest BCUT2D eigenvalue weighted by atomic mass is 10.1. The summed E-state index contributed by atoms with van der Waals surface area (Å²) >= 11 is 4.74. The summed E-state index contributed by atoms with van der Waals surface area (Å²) < 4.78 is 6.18. The molecule has 1 atom stereocenters. The highest BCUT2D eigenvalue weighted by atomic mass is 79.9. The van der Waals surface area contributed by atoms with Crippen LogP contribution in [-0.2, 0) is 9.53 Å². The predicted octanol–water partition coefficient (Wildman–Crippen LogP) is 4.36. The minimum absolute atomic E-state index is 0.175. The molecule has 0 aliphatic heterocycles. The molecule has 0 saturated heterocycles. The van der Waals surface area contributed by atoms with Gasteiger partial charge in [0.05, 0.1) is 5.75 Å². The second-order valence-corrected chi connectivity index (χ2v) is 6.57. The summed E-state index contributed by atoms with van der Waals surface area (Å²) in [6.07, 6.45) is -0.777. The average Bonchev–Trinajstić information content (AvgIpc) is 2.54. The molecule has 0 aliphatic carbocycles. The number of rotatable bonds is 6. The molecule has 0 amide bonds. The number of carbonyl (C=O) groups is 2. The Hall–Kier alpha value is -1.59. The first kappa shape index (κ1) is 16.8. The third-order valence-electron chi connectivity index (χ3n) is 2.91. The Balaban J connectivity index is 1.83. The van der Waals surface area contributed by atoms with E-state index in [1.54, 1.807) is 31.2 Å². The van der Waals surface area contributed by atoms with Gasteiger partial charge in [-0.25, -0.2) is 0 Å². The van der Waals surface area contributed by atoms with Crippen molar-refractivity contribution in [3.05, 3.63) is 64.6 Å². The summed E-state index contributed by atoms with van der Waals surface area (Å²) in [5.74, 6) is -0.416. The van der Waals surface area contributed by atoms with Gasteiger partial charge in [0.2, 0.25) is 5.78 Å². The molecule has 0 heterocycles. The molecule has 114 valence electrons. The second-order valence-electron chi connectivity index (χ2n) is 4.60. The predicted molar refractivity (Wildman–Crippen MR) is 91.2 cm³/mol. The van der Waals surface area contributed by atoms with Crippen molar-refractivity contribution in [1.82, 2.24) is 0 Å². The van der Waals surface area contributed by atoms with Gasteiger partial charge in [0.15, 0.2) is 6.10 Å². The maximum Gasteiger partial charge on any atom is 0.316 e. The van der Waals surface area contributed by atoms with E-state index in [-0.39, 0.29) is 11.5 Å². The first-order valence-electron chi connectivity index (χ1n) is 6.73. The van der Waals surface area contributed by atoms with Gasteiger partial charge < -0.3 is 4.74 Å². The van der Waals surface area contributed by atoms with Gasteiger partial charge in [-0.1, -0.05) is 46.3 Å². The lowest BCUT2D eigenvalue weighted by Crippen LogP contribution is -2.25. The van der Waals surface area contributed by atoms with E-state index in [0.29, 0.717) is 5.56 Å². The van der Waals surface area contributed by atoms with E-state index in [0.717, 1.165) is 9.37 Å². The van der Waals surface area contributed by atoms with E-state index in [9.17, 15) is 9.59 Å². The van der Waals surface area contributed by atoms with Crippen LogP contribution in [0.5, 0.6) is 0 Å². The molecule has 0 radical (unpaired) electrons. The van der Waals surface area contributed by atoms with Crippen LogP contribution in [0.2, 0.25) is 0 Å². The summed E-state index contributed by atoms with van der Waals surface area (Å²) in [5.41, 5.74) is 0.545. The fourth-order valence-corrected chi connectivity index (χ4v) is 2.74. The maximum atomic E-state index is 12.1. The minimum Gasteiger partial charge on any atom is -0.454 e. The third-order valence-corrected chi connectivity index (χ3v) is 4.42. The highest BCUT2D eigenvalue weighted by Gasteiger charge is 2.19. The van der Waals surface area contributed by atoms with Crippen molar-refractivity contribution in [3.63, 3.8) is 0 Å². The third kappa shape index (κ3) is 5.00. The molecular weight excluding hydrogens is 364 g/mol. The van der Waals surface area contributed by atoms with Crippen LogP contribution in [0.15, 0.2) is 64.0 Å². The van der Waals surface area contributed by atoms with Crippen molar-refractivity contribution in [2.75, 3.05) is 5.75 Å². The first-order valence-corrected chi connectivity index (χ1v) is 8.51. The van der Waals surface area contributed by atoms with Crippen LogP contribution in [0.3, 0.4) is 0 Å². The zero-order valence-corrected chi connectivity index (χ0v) is 14.4. The molecule has 1 unspecified atom stereocenters. The van der Waals surface area contributed by atoms with Gasteiger partial charge >= 0.3 is 5.97 Å². The van der Waals surface area contributed by atoms with Crippen molar-refractivity contribution in [2.24, 2.45) is 0 Å². The second kappa shape index (κ2) is 8.15. The minimum atomic E-state index is -0.777. The Morgan fingerprint density at radius 3 is 2.36 bits per heavy atom. The summed E-state index contributed by atoms with van der Waals surface area (Å²) in [5, 5.41) is 0. The Kier molecular flexibility index (Phi) is 6.21. The van der Waals surface area contributed by atoms with E-state index >= 15 is 0 Å². The van der Waals surface area contributed by atoms with Crippen molar-refractivity contribution in [1.29, 1.82) is 0 Å². The number of esters is 1. The van der Waals surface area contributed by atoms with E-state index in [2.05, 4.69) is 15.9 Å². The number of hydrogen-bond donors (Lipinski definition) is 0. The van der Waals surface area contributed by atoms with Crippen LogP contribution in [0, 0.1) is 0 Å². The van der Waals surface area contributed by atoms with Crippen molar-refractivity contribution in [3.8, 4) is 0 Å². The fourth-order valence-electron chi connectivity index (χ4n) is 1.79. The van der Waals surface area contributed by atoms with Crippen LogP contribution in [0.4, 0.5) is 0 Å². The Morgan fingerprint density at radius 1 is 1.09 bits per heavy atom. The van der Waals surface area contributed by atoms with Crippen LogP contribution in [-0.4, -0.2) is 23.6 Å². The number of halogens is 1. The fraction of sp³-hybridized carbons (Fsp3) is 0.176. The van der Waals surface area contributed by atoms with Gasteiger partial charge in [0.1, 0.15) is 0 Å². The smallest absolute Gasteiger partial charge is 0.316 e. The van der Waals surface area contributed by atoms with Crippen LogP contribution >= 0.6 is 27.7 Å². The van der Waals surface area contributed by atoms with Gasteiger partial charge in [-0.05, 0) is 31.2 Å².